The van der Waals surface area contributed by atoms with Crippen LogP contribution in [0, 0.1) is 6.92 Å². The van der Waals surface area contributed by atoms with Crippen molar-refractivity contribution < 1.29 is 14.4 Å². The topological polar surface area (TPSA) is 117 Å². The number of carbonyl (C=O) groups is 3. The fourth-order valence-corrected chi connectivity index (χ4v) is 2.38. The zero-order valence-corrected chi connectivity index (χ0v) is 13.8. The third-order valence-electron chi connectivity index (χ3n) is 3.57. The molecular formula is C15H22N6O3. The first-order chi connectivity index (χ1) is 11.4. The van der Waals surface area contributed by atoms with Crippen LogP contribution in [0.15, 0.2) is 18.7 Å². The second-order valence-electron chi connectivity index (χ2n) is 5.51. The maximum absolute atomic E-state index is 11.9. The monoisotopic (exact) mass is 334 g/mol. The summed E-state index contributed by atoms with van der Waals surface area (Å²) in [5.74, 6) is -1.36. The number of rotatable bonds is 5. The molecule has 1 saturated heterocycles. The van der Waals surface area contributed by atoms with Crippen molar-refractivity contribution in [2.45, 2.75) is 39.0 Å². The van der Waals surface area contributed by atoms with Crippen LogP contribution in [0.5, 0.6) is 0 Å². The van der Waals surface area contributed by atoms with Gasteiger partial charge in [-0.3, -0.25) is 19.7 Å². The van der Waals surface area contributed by atoms with Crippen molar-refractivity contribution in [1.82, 2.24) is 25.7 Å². The van der Waals surface area contributed by atoms with Crippen LogP contribution >= 0.6 is 0 Å². The van der Waals surface area contributed by atoms with Gasteiger partial charge in [0.2, 0.25) is 5.91 Å². The first-order valence-electron chi connectivity index (χ1n) is 7.76. The Labute approximate surface area is 139 Å². The van der Waals surface area contributed by atoms with E-state index in [1.54, 1.807) is 13.0 Å². The summed E-state index contributed by atoms with van der Waals surface area (Å²) in [6.45, 7) is 7.40. The van der Waals surface area contributed by atoms with Gasteiger partial charge < -0.3 is 16.0 Å². The Hall–Kier alpha value is -2.68. The minimum absolute atomic E-state index is 0.0210. The van der Waals surface area contributed by atoms with E-state index >= 15 is 0 Å². The minimum Gasteiger partial charge on any atom is -0.344 e. The van der Waals surface area contributed by atoms with Gasteiger partial charge in [-0.05, 0) is 13.3 Å². The predicted molar refractivity (Wildman–Crippen MR) is 87.8 cm³/mol. The van der Waals surface area contributed by atoms with Crippen molar-refractivity contribution in [2.24, 2.45) is 0 Å². The third-order valence-corrected chi connectivity index (χ3v) is 3.57. The van der Waals surface area contributed by atoms with E-state index in [2.05, 4.69) is 32.9 Å². The largest absolute Gasteiger partial charge is 0.344 e. The molecule has 24 heavy (non-hydrogen) atoms. The van der Waals surface area contributed by atoms with E-state index in [-0.39, 0.29) is 18.5 Å². The number of aromatic nitrogens is 2. The van der Waals surface area contributed by atoms with E-state index < -0.39 is 18.1 Å². The van der Waals surface area contributed by atoms with Crippen molar-refractivity contribution >= 4 is 23.5 Å². The zero-order chi connectivity index (χ0) is 17.7. The Morgan fingerprint density at radius 3 is 2.92 bits per heavy atom. The van der Waals surface area contributed by atoms with Crippen molar-refractivity contribution in [2.75, 3.05) is 11.9 Å². The van der Waals surface area contributed by atoms with E-state index in [9.17, 15) is 14.4 Å². The molecule has 130 valence electrons. The molecule has 2 rings (SSSR count). The van der Waals surface area contributed by atoms with Gasteiger partial charge in [-0.25, -0.2) is 4.68 Å². The lowest BCUT2D eigenvalue weighted by Crippen LogP contribution is -2.53. The lowest BCUT2D eigenvalue weighted by atomic mass is 10.1. The predicted octanol–water partition coefficient (Wildman–Crippen LogP) is -0.224. The van der Waals surface area contributed by atoms with E-state index in [0.717, 1.165) is 6.42 Å². The minimum atomic E-state index is -0.813. The molecule has 1 fully saturated rings. The average Bonchev–Trinajstić information content (AvgIpc) is 2.92. The molecule has 1 aromatic heterocycles. The van der Waals surface area contributed by atoms with E-state index in [1.807, 2.05) is 6.92 Å². The average molecular weight is 334 g/mol. The normalized spacial score (nSPS) is 20.2. The highest BCUT2D eigenvalue weighted by molar-refractivity contribution is 6.39. The summed E-state index contributed by atoms with van der Waals surface area (Å²) < 4.78 is 1.45. The van der Waals surface area contributed by atoms with Gasteiger partial charge in [-0.2, -0.15) is 5.10 Å². The summed E-state index contributed by atoms with van der Waals surface area (Å²) in [7, 11) is 0. The molecule has 9 nitrogen and oxygen atoms in total. The lowest BCUT2D eigenvalue weighted by Gasteiger charge is -2.31. The Balaban J connectivity index is 2.15. The summed E-state index contributed by atoms with van der Waals surface area (Å²) in [4.78, 5) is 35.4. The van der Waals surface area contributed by atoms with Crippen molar-refractivity contribution in [3.8, 4) is 0 Å². The molecule has 4 N–H and O–H groups in total. The first-order valence-corrected chi connectivity index (χ1v) is 7.76. The second kappa shape index (κ2) is 7.73. The number of hydrogen-bond acceptors (Lipinski definition) is 5. The SMILES string of the molecule is C=CCNC(=O)C(=O)Nc1cc(C)nn1C1NC(=O)CC(CC)N1. The maximum atomic E-state index is 11.9. The number of aryl methyl sites for hydroxylation is 1. The fourth-order valence-electron chi connectivity index (χ4n) is 2.38. The molecule has 0 saturated carbocycles. The summed E-state index contributed by atoms with van der Waals surface area (Å²) in [6.07, 6.45) is 2.07. The maximum Gasteiger partial charge on any atom is 0.314 e. The smallest absolute Gasteiger partial charge is 0.314 e. The second-order valence-corrected chi connectivity index (χ2v) is 5.51. The van der Waals surface area contributed by atoms with E-state index in [1.165, 1.54) is 10.8 Å². The molecule has 1 aliphatic rings. The Kier molecular flexibility index (Phi) is 5.69. The van der Waals surface area contributed by atoms with Gasteiger partial charge in [-0.15, -0.1) is 6.58 Å². The summed E-state index contributed by atoms with van der Waals surface area (Å²) in [5.41, 5.74) is 0.645. The van der Waals surface area contributed by atoms with Gasteiger partial charge in [0.05, 0.1) is 5.69 Å². The van der Waals surface area contributed by atoms with Crippen LogP contribution < -0.4 is 21.3 Å². The molecule has 9 heteroatoms. The van der Waals surface area contributed by atoms with E-state index in [0.29, 0.717) is 17.9 Å². The van der Waals surface area contributed by atoms with Crippen molar-refractivity contribution in [3.63, 3.8) is 0 Å². The lowest BCUT2D eigenvalue weighted by molar-refractivity contribution is -0.136. The van der Waals surface area contributed by atoms with Gasteiger partial charge in [0.1, 0.15) is 5.82 Å². The highest BCUT2D eigenvalue weighted by Gasteiger charge is 2.28. The molecule has 2 atom stereocenters. The standard InChI is InChI=1S/C15H22N6O3/c1-4-6-16-13(23)14(24)18-11-7-9(3)20-21(11)15-17-10(5-2)8-12(22)19-15/h4,7,10,15,17H,1,5-6,8H2,2-3H3,(H,16,23)(H,18,24)(H,19,22). The molecule has 2 unspecified atom stereocenters. The molecule has 3 amide bonds. The molecule has 1 aliphatic heterocycles. The number of carbonyl (C=O) groups excluding carboxylic acids is 3. The number of nitrogens with zero attached hydrogens (tertiary/aromatic N) is 2. The molecule has 0 radical (unpaired) electrons. The molecule has 2 heterocycles. The molecule has 1 aromatic rings. The highest BCUT2D eigenvalue weighted by Crippen LogP contribution is 2.18. The quantitative estimate of drug-likeness (QED) is 0.439. The van der Waals surface area contributed by atoms with Gasteiger partial charge >= 0.3 is 11.8 Å². The third kappa shape index (κ3) is 4.19. The van der Waals surface area contributed by atoms with Gasteiger partial charge in [0, 0.05) is 25.1 Å². The molecule has 0 aliphatic carbocycles. The van der Waals surface area contributed by atoms with Crippen LogP contribution in [0.3, 0.4) is 0 Å². The van der Waals surface area contributed by atoms with Gasteiger partial charge in [0.15, 0.2) is 6.29 Å². The summed E-state index contributed by atoms with van der Waals surface area (Å²) in [5, 5.41) is 15.2. The highest BCUT2D eigenvalue weighted by atomic mass is 16.2. The fraction of sp³-hybridized carbons (Fsp3) is 0.467. The first kappa shape index (κ1) is 17.7. The van der Waals surface area contributed by atoms with Crippen LogP contribution in [-0.2, 0) is 14.4 Å². The Morgan fingerprint density at radius 1 is 1.50 bits per heavy atom. The Morgan fingerprint density at radius 2 is 2.25 bits per heavy atom. The molecule has 0 bridgehead atoms. The molecule has 0 spiro atoms. The number of amides is 3. The van der Waals surface area contributed by atoms with Crippen molar-refractivity contribution in [3.05, 3.63) is 24.4 Å². The van der Waals surface area contributed by atoms with Crippen LogP contribution in [0.25, 0.3) is 0 Å². The Bertz CT molecular complexity index is 654. The van der Waals surface area contributed by atoms with Gasteiger partial charge in [-0.1, -0.05) is 13.0 Å². The zero-order valence-electron chi connectivity index (χ0n) is 13.8. The van der Waals surface area contributed by atoms with Crippen molar-refractivity contribution in [1.29, 1.82) is 0 Å². The van der Waals surface area contributed by atoms with Crippen LogP contribution in [0.2, 0.25) is 0 Å². The number of nitrogens with one attached hydrogen (secondary N) is 4. The molecule has 0 aromatic carbocycles. The number of hydrogen-bond donors (Lipinski definition) is 4. The summed E-state index contributed by atoms with van der Waals surface area (Å²) in [6, 6.07) is 1.65. The van der Waals surface area contributed by atoms with Crippen LogP contribution in [0.4, 0.5) is 5.82 Å². The van der Waals surface area contributed by atoms with Crippen LogP contribution in [0.1, 0.15) is 31.7 Å². The van der Waals surface area contributed by atoms with E-state index in [4.69, 9.17) is 0 Å². The molecular weight excluding hydrogens is 312 g/mol. The summed E-state index contributed by atoms with van der Waals surface area (Å²) >= 11 is 0. The van der Waals surface area contributed by atoms with Gasteiger partial charge in [0.25, 0.3) is 0 Å². The van der Waals surface area contributed by atoms with Crippen LogP contribution in [-0.4, -0.2) is 40.1 Å². The number of anilines is 1.